The van der Waals surface area contributed by atoms with Crippen LogP contribution in [0.25, 0.3) is 0 Å². The lowest BCUT2D eigenvalue weighted by Gasteiger charge is -2.20. The first-order valence-corrected chi connectivity index (χ1v) is 7.51. The molecule has 0 bridgehead atoms. The Hall–Kier alpha value is -1.88. The molecule has 2 amide bonds. The van der Waals surface area contributed by atoms with E-state index in [2.05, 4.69) is 10.6 Å². The van der Waals surface area contributed by atoms with Gasteiger partial charge >= 0.3 is 0 Å². The van der Waals surface area contributed by atoms with Crippen LogP contribution in [0.5, 0.6) is 0 Å². The van der Waals surface area contributed by atoms with Crippen LogP contribution in [0.1, 0.15) is 32.8 Å². The van der Waals surface area contributed by atoms with E-state index in [0.29, 0.717) is 12.8 Å². The lowest BCUT2D eigenvalue weighted by atomic mass is 10.1. The molecule has 0 heterocycles. The first kappa shape index (κ1) is 18.2. The van der Waals surface area contributed by atoms with Crippen molar-refractivity contribution >= 4 is 17.5 Å². The zero-order valence-electron chi connectivity index (χ0n) is 14.2. The molecule has 5 nitrogen and oxygen atoms in total. The average molecular weight is 305 g/mol. The standard InChI is InChI=1S/C17H27N3O2/c1-17(2,3)18-12-15(21)19-14-8-6-7-13(11-14)9-10-16(22)20(4)5/h6-8,11,18H,9-10,12H2,1-5H3,(H,19,21). The predicted molar refractivity (Wildman–Crippen MR) is 89.8 cm³/mol. The maximum absolute atomic E-state index is 11.9. The molecular weight excluding hydrogens is 278 g/mol. The van der Waals surface area contributed by atoms with Crippen LogP contribution in [0.3, 0.4) is 0 Å². The number of nitrogens with one attached hydrogen (secondary N) is 2. The van der Waals surface area contributed by atoms with E-state index >= 15 is 0 Å². The Bertz CT molecular complexity index is 519. The molecule has 0 spiro atoms. The van der Waals surface area contributed by atoms with Gasteiger partial charge in [0.25, 0.3) is 0 Å². The van der Waals surface area contributed by atoms with Crippen LogP contribution in [-0.2, 0) is 16.0 Å². The van der Waals surface area contributed by atoms with Gasteiger partial charge in [0.05, 0.1) is 6.54 Å². The van der Waals surface area contributed by atoms with Gasteiger partial charge in [-0.1, -0.05) is 12.1 Å². The van der Waals surface area contributed by atoms with Gasteiger partial charge in [-0.25, -0.2) is 0 Å². The SMILES string of the molecule is CN(C)C(=O)CCc1cccc(NC(=O)CNC(C)(C)C)c1. The van der Waals surface area contributed by atoms with Crippen molar-refractivity contribution in [2.24, 2.45) is 0 Å². The Morgan fingerprint density at radius 2 is 1.86 bits per heavy atom. The quantitative estimate of drug-likeness (QED) is 0.845. The number of hydrogen-bond acceptors (Lipinski definition) is 3. The third kappa shape index (κ3) is 7.22. The molecule has 5 heteroatoms. The summed E-state index contributed by atoms with van der Waals surface area (Å²) in [5.74, 6) is 0.0280. The summed E-state index contributed by atoms with van der Waals surface area (Å²) in [5.41, 5.74) is 1.71. The third-order valence-corrected chi connectivity index (χ3v) is 3.12. The molecular formula is C17H27N3O2. The zero-order valence-corrected chi connectivity index (χ0v) is 14.2. The summed E-state index contributed by atoms with van der Waals surface area (Å²) in [5, 5.41) is 6.02. The van der Waals surface area contributed by atoms with Crippen molar-refractivity contribution in [3.63, 3.8) is 0 Å². The highest BCUT2D eigenvalue weighted by Gasteiger charge is 2.11. The summed E-state index contributed by atoms with van der Waals surface area (Å²) in [6.45, 7) is 6.32. The van der Waals surface area contributed by atoms with Crippen molar-refractivity contribution in [2.45, 2.75) is 39.2 Å². The second-order valence-corrected chi connectivity index (χ2v) is 6.64. The number of carbonyl (C=O) groups excluding carboxylic acids is 2. The number of benzene rings is 1. The second kappa shape index (κ2) is 7.94. The number of aryl methyl sites for hydroxylation is 1. The van der Waals surface area contributed by atoms with Gasteiger partial charge in [0.1, 0.15) is 0 Å². The fraction of sp³-hybridized carbons (Fsp3) is 0.529. The number of hydrogen-bond donors (Lipinski definition) is 2. The summed E-state index contributed by atoms with van der Waals surface area (Å²) in [6, 6.07) is 7.62. The van der Waals surface area contributed by atoms with Crippen molar-refractivity contribution in [3.05, 3.63) is 29.8 Å². The second-order valence-electron chi connectivity index (χ2n) is 6.64. The fourth-order valence-electron chi connectivity index (χ4n) is 1.83. The van der Waals surface area contributed by atoms with Crippen molar-refractivity contribution in [1.29, 1.82) is 0 Å². The molecule has 22 heavy (non-hydrogen) atoms. The Morgan fingerprint density at radius 3 is 2.45 bits per heavy atom. The van der Waals surface area contributed by atoms with Crippen molar-refractivity contribution in [1.82, 2.24) is 10.2 Å². The molecule has 1 aromatic rings. The summed E-state index contributed by atoms with van der Waals surface area (Å²) in [4.78, 5) is 25.1. The molecule has 1 rings (SSSR count). The number of rotatable bonds is 6. The lowest BCUT2D eigenvalue weighted by molar-refractivity contribution is -0.128. The van der Waals surface area contributed by atoms with Crippen LogP contribution in [0.15, 0.2) is 24.3 Å². The van der Waals surface area contributed by atoms with Crippen LogP contribution in [0.4, 0.5) is 5.69 Å². The summed E-state index contributed by atoms with van der Waals surface area (Å²) >= 11 is 0. The van der Waals surface area contributed by atoms with E-state index in [-0.39, 0.29) is 23.9 Å². The third-order valence-electron chi connectivity index (χ3n) is 3.12. The van der Waals surface area contributed by atoms with Crippen LogP contribution in [0, 0.1) is 0 Å². The van der Waals surface area contributed by atoms with Crippen molar-refractivity contribution in [3.8, 4) is 0 Å². The van der Waals surface area contributed by atoms with Gasteiger partial charge in [0.15, 0.2) is 0 Å². The monoisotopic (exact) mass is 305 g/mol. The molecule has 0 saturated carbocycles. The topological polar surface area (TPSA) is 61.4 Å². The van der Waals surface area contributed by atoms with Crippen molar-refractivity contribution in [2.75, 3.05) is 26.0 Å². The molecule has 122 valence electrons. The van der Waals surface area contributed by atoms with E-state index in [1.54, 1.807) is 19.0 Å². The maximum atomic E-state index is 11.9. The smallest absolute Gasteiger partial charge is 0.238 e. The van der Waals surface area contributed by atoms with Gasteiger partial charge in [-0.05, 0) is 44.9 Å². The number of nitrogens with zero attached hydrogens (tertiary/aromatic N) is 1. The average Bonchev–Trinajstić information content (AvgIpc) is 2.42. The molecule has 1 aromatic carbocycles. The van der Waals surface area contributed by atoms with E-state index in [1.807, 2.05) is 45.0 Å². The molecule has 0 unspecified atom stereocenters. The van der Waals surface area contributed by atoms with E-state index in [1.165, 1.54) is 0 Å². The van der Waals surface area contributed by atoms with Gasteiger partial charge in [0, 0.05) is 31.7 Å². The summed E-state index contributed by atoms with van der Waals surface area (Å²) < 4.78 is 0. The van der Waals surface area contributed by atoms with Gasteiger partial charge in [0.2, 0.25) is 11.8 Å². The summed E-state index contributed by atoms with van der Waals surface area (Å²) in [7, 11) is 3.50. The molecule has 0 aliphatic rings. The van der Waals surface area contributed by atoms with Gasteiger partial charge in [-0.2, -0.15) is 0 Å². The molecule has 0 fully saturated rings. The predicted octanol–water partition coefficient (Wildman–Crippen LogP) is 2.03. The number of carbonyl (C=O) groups is 2. The molecule has 0 aliphatic carbocycles. The normalized spacial score (nSPS) is 11.1. The molecule has 0 atom stereocenters. The minimum atomic E-state index is -0.0915. The minimum absolute atomic E-state index is 0.0727. The molecule has 0 aliphatic heterocycles. The Kier molecular flexibility index (Phi) is 6.56. The molecule has 0 saturated heterocycles. The van der Waals surface area contributed by atoms with Crippen LogP contribution in [0.2, 0.25) is 0 Å². The summed E-state index contributed by atoms with van der Waals surface area (Å²) in [6.07, 6.45) is 1.14. The number of amides is 2. The number of anilines is 1. The first-order chi connectivity index (χ1) is 10.2. The van der Waals surface area contributed by atoms with E-state index in [0.717, 1.165) is 11.3 Å². The largest absolute Gasteiger partial charge is 0.349 e. The van der Waals surface area contributed by atoms with E-state index in [4.69, 9.17) is 0 Å². The highest BCUT2D eigenvalue weighted by molar-refractivity contribution is 5.92. The highest BCUT2D eigenvalue weighted by atomic mass is 16.2. The van der Waals surface area contributed by atoms with Gasteiger partial charge < -0.3 is 15.5 Å². The molecule has 2 N–H and O–H groups in total. The fourth-order valence-corrected chi connectivity index (χ4v) is 1.83. The van der Waals surface area contributed by atoms with Gasteiger partial charge in [-0.15, -0.1) is 0 Å². The van der Waals surface area contributed by atoms with E-state index < -0.39 is 0 Å². The highest BCUT2D eigenvalue weighted by Crippen LogP contribution is 2.12. The molecule has 0 radical (unpaired) electrons. The van der Waals surface area contributed by atoms with E-state index in [9.17, 15) is 9.59 Å². The van der Waals surface area contributed by atoms with Crippen LogP contribution in [-0.4, -0.2) is 42.9 Å². The lowest BCUT2D eigenvalue weighted by Crippen LogP contribution is -2.41. The first-order valence-electron chi connectivity index (χ1n) is 7.51. The van der Waals surface area contributed by atoms with Gasteiger partial charge in [-0.3, -0.25) is 9.59 Å². The Labute approximate surface area is 133 Å². The minimum Gasteiger partial charge on any atom is -0.349 e. The maximum Gasteiger partial charge on any atom is 0.238 e. The Balaban J connectivity index is 2.53. The molecule has 0 aromatic heterocycles. The zero-order chi connectivity index (χ0) is 16.8. The van der Waals surface area contributed by atoms with Crippen LogP contribution < -0.4 is 10.6 Å². The van der Waals surface area contributed by atoms with Crippen LogP contribution >= 0.6 is 0 Å². The van der Waals surface area contributed by atoms with Crippen molar-refractivity contribution < 1.29 is 9.59 Å². The Morgan fingerprint density at radius 1 is 1.18 bits per heavy atom.